The summed E-state index contributed by atoms with van der Waals surface area (Å²) in [5, 5.41) is 6.24. The van der Waals surface area contributed by atoms with E-state index in [-0.39, 0.29) is 11.9 Å². The number of hydroxylamine groups is 2. The number of aryl methyl sites for hydroxylation is 1. The van der Waals surface area contributed by atoms with Gasteiger partial charge in [-0.3, -0.25) is 14.6 Å². The Balaban J connectivity index is 0.000000429. The number of nitrogens with zero attached hydrogens (tertiary/aromatic N) is 3. The Labute approximate surface area is 201 Å². The highest BCUT2D eigenvalue weighted by Gasteiger charge is 2.36. The van der Waals surface area contributed by atoms with E-state index < -0.39 is 0 Å². The Hall–Kier alpha value is -2.71. The minimum atomic E-state index is 0.140. The Morgan fingerprint density at radius 3 is 2.53 bits per heavy atom. The van der Waals surface area contributed by atoms with Crippen LogP contribution in [0.25, 0.3) is 10.9 Å². The molecule has 3 aliphatic rings. The van der Waals surface area contributed by atoms with Gasteiger partial charge >= 0.3 is 0 Å². The zero-order valence-corrected chi connectivity index (χ0v) is 20.2. The molecule has 1 atom stereocenters. The topological polar surface area (TPSA) is 63.8 Å². The van der Waals surface area contributed by atoms with Crippen LogP contribution in [0, 0.1) is 6.92 Å². The number of benzene rings is 2. The molecule has 0 radical (unpaired) electrons. The lowest BCUT2D eigenvalue weighted by molar-refractivity contribution is -0.109. The van der Waals surface area contributed by atoms with Crippen molar-refractivity contribution in [3.05, 3.63) is 65.4 Å². The van der Waals surface area contributed by atoms with E-state index in [0.717, 1.165) is 42.8 Å². The Bertz CT molecular complexity index is 1120. The maximum absolute atomic E-state index is 12.8. The first-order valence-electron chi connectivity index (χ1n) is 12.4. The Morgan fingerprint density at radius 1 is 1.03 bits per heavy atom. The molecular weight excluding hydrogens is 426 g/mol. The van der Waals surface area contributed by atoms with Gasteiger partial charge in [0.05, 0.1) is 12.2 Å². The van der Waals surface area contributed by atoms with Crippen LogP contribution in [0.4, 0.5) is 0 Å². The number of para-hydroxylation sites is 1. The van der Waals surface area contributed by atoms with Gasteiger partial charge in [-0.1, -0.05) is 30.3 Å². The van der Waals surface area contributed by atoms with Crippen molar-refractivity contribution in [2.75, 3.05) is 52.9 Å². The van der Waals surface area contributed by atoms with Crippen LogP contribution in [-0.4, -0.2) is 78.5 Å². The molecule has 2 fully saturated rings. The molecule has 2 aromatic carbocycles. The average molecular weight is 462 g/mol. The number of ketones is 1. The smallest absolute Gasteiger partial charge is 0.192 e. The van der Waals surface area contributed by atoms with Gasteiger partial charge < -0.3 is 15.1 Å². The molecule has 34 heavy (non-hydrogen) atoms. The summed E-state index contributed by atoms with van der Waals surface area (Å²) in [4.78, 5) is 26.6. The third kappa shape index (κ3) is 5.03. The van der Waals surface area contributed by atoms with Crippen molar-refractivity contribution in [3.8, 4) is 5.75 Å². The molecule has 4 heterocycles. The quantitative estimate of drug-likeness (QED) is 0.579. The Morgan fingerprint density at radius 2 is 1.79 bits per heavy atom. The van der Waals surface area contributed by atoms with E-state index in [1.165, 1.54) is 37.1 Å². The summed E-state index contributed by atoms with van der Waals surface area (Å²) in [5.41, 5.74) is 4.14. The number of hydrogen-bond acceptors (Lipinski definition) is 6. The second-order valence-electron chi connectivity index (χ2n) is 9.52. The first-order chi connectivity index (χ1) is 16.6. The SMILES string of the molecule is C1CCNC1.Cc1ccc2cc(C(=O)CN3CCN(C4c5ccccc5ON4C)CC3)[nH]c2c1. The number of piperazine rings is 1. The molecule has 3 aromatic rings. The molecule has 2 saturated heterocycles. The number of carbonyl (C=O) groups excluding carboxylic acids is 1. The summed E-state index contributed by atoms with van der Waals surface area (Å²) in [5.74, 6) is 1.09. The lowest BCUT2D eigenvalue weighted by atomic mass is 10.1. The van der Waals surface area contributed by atoms with Gasteiger partial charge in [0.1, 0.15) is 6.17 Å². The number of rotatable bonds is 4. The third-order valence-corrected chi connectivity index (χ3v) is 6.94. The molecule has 1 aromatic heterocycles. The zero-order chi connectivity index (χ0) is 23.5. The first kappa shape index (κ1) is 23.1. The van der Waals surface area contributed by atoms with E-state index in [1.807, 2.05) is 30.3 Å². The number of fused-ring (bicyclic) bond motifs is 2. The van der Waals surface area contributed by atoms with E-state index in [4.69, 9.17) is 4.84 Å². The molecular formula is C27H35N5O2. The van der Waals surface area contributed by atoms with E-state index in [0.29, 0.717) is 12.2 Å². The summed E-state index contributed by atoms with van der Waals surface area (Å²) >= 11 is 0. The van der Waals surface area contributed by atoms with Crippen LogP contribution in [0.5, 0.6) is 5.75 Å². The second kappa shape index (κ2) is 10.3. The average Bonchev–Trinajstić information content (AvgIpc) is 3.60. The van der Waals surface area contributed by atoms with Gasteiger partial charge in [0, 0.05) is 49.7 Å². The standard InChI is InChI=1S/C23H26N4O2.C4H9N/c1-16-7-8-17-14-20(24-19(17)13-16)21(28)15-26-9-11-27(12-10-26)23-18-5-3-4-6-22(18)29-25(23)2;1-2-4-5-3-1/h3-8,13-14,23-24H,9-12,15H2,1-2H3;5H,1-4H2. The Kier molecular flexibility index (Phi) is 6.97. The minimum absolute atomic E-state index is 0.140. The maximum atomic E-state index is 12.8. The van der Waals surface area contributed by atoms with Crippen molar-refractivity contribution in [1.82, 2.24) is 25.2 Å². The largest absolute Gasteiger partial charge is 0.404 e. The summed E-state index contributed by atoms with van der Waals surface area (Å²) in [6, 6.07) is 16.4. The lowest BCUT2D eigenvalue weighted by Gasteiger charge is -2.38. The highest BCUT2D eigenvalue weighted by atomic mass is 16.7. The van der Waals surface area contributed by atoms with Crippen molar-refractivity contribution in [1.29, 1.82) is 0 Å². The number of aromatic nitrogens is 1. The molecule has 2 N–H and O–H groups in total. The normalized spacial score (nSPS) is 21.2. The first-order valence-corrected chi connectivity index (χ1v) is 12.4. The second-order valence-corrected chi connectivity index (χ2v) is 9.52. The molecule has 0 bridgehead atoms. The van der Waals surface area contributed by atoms with Gasteiger partial charge in [-0.15, -0.1) is 5.06 Å². The predicted octanol–water partition coefficient (Wildman–Crippen LogP) is 3.58. The van der Waals surface area contributed by atoms with E-state index in [1.54, 1.807) is 0 Å². The fourth-order valence-corrected chi connectivity index (χ4v) is 5.07. The van der Waals surface area contributed by atoms with Crippen molar-refractivity contribution in [2.45, 2.75) is 25.9 Å². The molecule has 0 spiro atoms. The summed E-state index contributed by atoms with van der Waals surface area (Å²) in [7, 11) is 1.98. The van der Waals surface area contributed by atoms with Gasteiger partial charge in [-0.2, -0.15) is 0 Å². The van der Waals surface area contributed by atoms with Crippen molar-refractivity contribution < 1.29 is 9.63 Å². The molecule has 0 amide bonds. The molecule has 0 aliphatic carbocycles. The summed E-state index contributed by atoms with van der Waals surface area (Å²) < 4.78 is 0. The number of H-pyrrole nitrogens is 1. The van der Waals surface area contributed by atoms with Gasteiger partial charge in [0.2, 0.25) is 0 Å². The van der Waals surface area contributed by atoms with E-state index in [2.05, 4.69) is 57.4 Å². The van der Waals surface area contributed by atoms with Crippen LogP contribution in [0.2, 0.25) is 0 Å². The lowest BCUT2D eigenvalue weighted by Crippen LogP contribution is -2.51. The van der Waals surface area contributed by atoms with E-state index >= 15 is 0 Å². The van der Waals surface area contributed by atoms with Crippen molar-refractivity contribution in [3.63, 3.8) is 0 Å². The van der Waals surface area contributed by atoms with Crippen molar-refractivity contribution >= 4 is 16.7 Å². The van der Waals surface area contributed by atoms with Crippen LogP contribution >= 0.6 is 0 Å². The molecule has 3 aliphatic heterocycles. The molecule has 1 unspecified atom stereocenters. The fourth-order valence-electron chi connectivity index (χ4n) is 5.07. The molecule has 0 saturated carbocycles. The van der Waals surface area contributed by atoms with Gasteiger partial charge in [-0.05, 0) is 56.6 Å². The molecule has 6 rings (SSSR count). The van der Waals surface area contributed by atoms with Crippen LogP contribution in [-0.2, 0) is 0 Å². The van der Waals surface area contributed by atoms with Crippen LogP contribution < -0.4 is 10.2 Å². The predicted molar refractivity (Wildman–Crippen MR) is 135 cm³/mol. The molecule has 7 heteroatoms. The van der Waals surface area contributed by atoms with Crippen LogP contribution in [0.15, 0.2) is 48.5 Å². The maximum Gasteiger partial charge on any atom is 0.192 e. The van der Waals surface area contributed by atoms with Crippen LogP contribution in [0.1, 0.15) is 40.6 Å². The number of aromatic amines is 1. The van der Waals surface area contributed by atoms with Gasteiger partial charge in [-0.25, -0.2) is 0 Å². The molecule has 180 valence electrons. The third-order valence-electron chi connectivity index (χ3n) is 6.94. The number of nitrogens with one attached hydrogen (secondary N) is 2. The summed E-state index contributed by atoms with van der Waals surface area (Å²) in [6.45, 7) is 8.58. The van der Waals surface area contributed by atoms with Crippen LogP contribution in [0.3, 0.4) is 0 Å². The zero-order valence-electron chi connectivity index (χ0n) is 20.2. The van der Waals surface area contributed by atoms with Crippen molar-refractivity contribution in [2.24, 2.45) is 0 Å². The molecule has 7 nitrogen and oxygen atoms in total. The number of carbonyl (C=O) groups is 1. The number of Topliss-reactive ketones (excluding diaryl/α,β-unsaturated/α-hetero) is 1. The minimum Gasteiger partial charge on any atom is -0.404 e. The highest BCUT2D eigenvalue weighted by molar-refractivity contribution is 6.00. The fraction of sp³-hybridized carbons (Fsp3) is 0.444. The number of hydrogen-bond donors (Lipinski definition) is 2. The van der Waals surface area contributed by atoms with E-state index in [9.17, 15) is 4.79 Å². The summed E-state index contributed by atoms with van der Waals surface area (Å²) in [6.07, 6.45) is 2.92. The van der Waals surface area contributed by atoms with Gasteiger partial charge in [0.15, 0.2) is 11.5 Å². The monoisotopic (exact) mass is 461 g/mol. The highest BCUT2D eigenvalue weighted by Crippen LogP contribution is 2.38. The van der Waals surface area contributed by atoms with Gasteiger partial charge in [0.25, 0.3) is 0 Å².